The van der Waals surface area contributed by atoms with E-state index < -0.39 is 0 Å². The summed E-state index contributed by atoms with van der Waals surface area (Å²) >= 11 is 0. The molecule has 0 aromatic heterocycles. The van der Waals surface area contributed by atoms with Crippen molar-refractivity contribution in [3.8, 4) is 0 Å². The summed E-state index contributed by atoms with van der Waals surface area (Å²) in [6.45, 7) is 14.6. The topological polar surface area (TPSA) is 29.1 Å². The van der Waals surface area contributed by atoms with Crippen LogP contribution in [0.1, 0.15) is 104 Å². The van der Waals surface area contributed by atoms with Gasteiger partial charge in [-0.05, 0) is 39.0 Å². The first kappa shape index (κ1) is 29.7. The molecular formula is C24H49ClN2O. The highest BCUT2D eigenvalue weighted by atomic mass is 35.5. The minimum atomic E-state index is -0.00817. The van der Waals surface area contributed by atoms with Crippen LogP contribution in [0, 0.1) is 0 Å². The molecule has 0 heterocycles. The molecule has 0 fully saturated rings. The first-order chi connectivity index (χ1) is 12.9. The fourth-order valence-electron chi connectivity index (χ4n) is 3.83. The zero-order valence-electron chi connectivity index (χ0n) is 19.5. The lowest BCUT2D eigenvalue weighted by Gasteiger charge is -2.34. The van der Waals surface area contributed by atoms with Gasteiger partial charge in [-0.1, -0.05) is 71.8 Å². The van der Waals surface area contributed by atoms with Gasteiger partial charge in [0.05, 0.1) is 26.7 Å². The Morgan fingerprint density at radius 1 is 0.750 bits per heavy atom. The number of carbonyl (C=O) groups excluding carboxylic acids is 1. The molecule has 0 aliphatic heterocycles. The van der Waals surface area contributed by atoms with Crippen LogP contribution in [-0.2, 0) is 4.79 Å². The van der Waals surface area contributed by atoms with Gasteiger partial charge in [0, 0.05) is 12.1 Å². The van der Waals surface area contributed by atoms with E-state index >= 15 is 0 Å². The van der Waals surface area contributed by atoms with Crippen molar-refractivity contribution in [1.82, 2.24) is 5.32 Å². The number of amides is 1. The third-order valence-electron chi connectivity index (χ3n) is 5.61. The SMILES string of the molecule is C=C(C)C(=O)NCCCC[N+](C)(CCC)CCCCCCCCCCCC.[Cl-]. The molecule has 0 rings (SSSR count). The summed E-state index contributed by atoms with van der Waals surface area (Å²) in [7, 11) is 2.42. The van der Waals surface area contributed by atoms with Gasteiger partial charge in [-0.25, -0.2) is 0 Å². The van der Waals surface area contributed by atoms with Crippen LogP contribution < -0.4 is 17.7 Å². The molecule has 0 radical (unpaired) electrons. The van der Waals surface area contributed by atoms with Crippen LogP contribution in [0.4, 0.5) is 0 Å². The minimum absolute atomic E-state index is 0. The Morgan fingerprint density at radius 2 is 1.21 bits per heavy atom. The van der Waals surface area contributed by atoms with Crippen molar-refractivity contribution < 1.29 is 21.7 Å². The molecular weight excluding hydrogens is 368 g/mol. The second-order valence-corrected chi connectivity index (χ2v) is 8.72. The summed E-state index contributed by atoms with van der Waals surface area (Å²) in [5, 5.41) is 2.94. The molecule has 1 N–H and O–H groups in total. The van der Waals surface area contributed by atoms with Crippen LogP contribution in [-0.4, -0.2) is 43.6 Å². The molecule has 1 amide bonds. The molecule has 0 aromatic rings. The molecule has 0 aliphatic rings. The van der Waals surface area contributed by atoms with Crippen molar-refractivity contribution in [2.75, 3.05) is 33.2 Å². The molecule has 1 unspecified atom stereocenters. The van der Waals surface area contributed by atoms with Crippen LogP contribution in [0.2, 0.25) is 0 Å². The zero-order chi connectivity index (χ0) is 20.4. The lowest BCUT2D eigenvalue weighted by molar-refractivity contribution is -0.910. The van der Waals surface area contributed by atoms with Crippen molar-refractivity contribution in [2.45, 2.75) is 104 Å². The Morgan fingerprint density at radius 3 is 1.68 bits per heavy atom. The normalized spacial score (nSPS) is 12.9. The first-order valence-corrected chi connectivity index (χ1v) is 11.7. The van der Waals surface area contributed by atoms with Crippen LogP contribution in [0.25, 0.3) is 0 Å². The third kappa shape index (κ3) is 17.6. The van der Waals surface area contributed by atoms with E-state index in [1.807, 2.05) is 0 Å². The summed E-state index contributed by atoms with van der Waals surface area (Å²) in [6.07, 6.45) is 17.6. The van der Waals surface area contributed by atoms with E-state index in [0.717, 1.165) is 13.0 Å². The highest BCUT2D eigenvalue weighted by molar-refractivity contribution is 5.91. The van der Waals surface area contributed by atoms with E-state index in [-0.39, 0.29) is 18.3 Å². The molecule has 0 spiro atoms. The van der Waals surface area contributed by atoms with Crippen LogP contribution >= 0.6 is 0 Å². The molecule has 0 aliphatic carbocycles. The van der Waals surface area contributed by atoms with Gasteiger partial charge in [-0.2, -0.15) is 0 Å². The van der Waals surface area contributed by atoms with Gasteiger partial charge < -0.3 is 22.2 Å². The van der Waals surface area contributed by atoms with Gasteiger partial charge in [-0.3, -0.25) is 4.79 Å². The number of carbonyl (C=O) groups is 1. The van der Waals surface area contributed by atoms with Crippen molar-refractivity contribution in [3.63, 3.8) is 0 Å². The monoisotopic (exact) mass is 416 g/mol. The largest absolute Gasteiger partial charge is 1.00 e. The summed E-state index contributed by atoms with van der Waals surface area (Å²) < 4.78 is 1.20. The van der Waals surface area contributed by atoms with Gasteiger partial charge >= 0.3 is 0 Å². The van der Waals surface area contributed by atoms with Gasteiger partial charge in [0.15, 0.2) is 0 Å². The van der Waals surface area contributed by atoms with Crippen molar-refractivity contribution in [1.29, 1.82) is 0 Å². The molecule has 0 saturated heterocycles. The Balaban J connectivity index is 0. The molecule has 4 heteroatoms. The highest BCUT2D eigenvalue weighted by Crippen LogP contribution is 2.14. The van der Waals surface area contributed by atoms with E-state index in [4.69, 9.17) is 0 Å². The van der Waals surface area contributed by atoms with Crippen LogP contribution in [0.15, 0.2) is 12.2 Å². The number of halogens is 1. The first-order valence-electron chi connectivity index (χ1n) is 11.7. The molecule has 0 saturated carbocycles. The second kappa shape index (κ2) is 19.8. The Labute approximate surface area is 182 Å². The number of nitrogens with zero attached hydrogens (tertiary/aromatic N) is 1. The van der Waals surface area contributed by atoms with Gasteiger partial charge in [0.1, 0.15) is 0 Å². The van der Waals surface area contributed by atoms with E-state index in [1.165, 1.54) is 101 Å². The van der Waals surface area contributed by atoms with E-state index in [9.17, 15) is 4.79 Å². The maximum absolute atomic E-state index is 11.5. The maximum Gasteiger partial charge on any atom is 0.246 e. The fourth-order valence-corrected chi connectivity index (χ4v) is 3.83. The van der Waals surface area contributed by atoms with Gasteiger partial charge in [0.2, 0.25) is 5.91 Å². The molecule has 28 heavy (non-hydrogen) atoms. The zero-order valence-corrected chi connectivity index (χ0v) is 20.2. The van der Waals surface area contributed by atoms with E-state index in [1.54, 1.807) is 6.92 Å². The quantitative estimate of drug-likeness (QED) is 0.195. The van der Waals surface area contributed by atoms with Crippen LogP contribution in [0.3, 0.4) is 0 Å². The average molecular weight is 417 g/mol. The predicted octanol–water partition coefficient (Wildman–Crippen LogP) is 3.24. The number of hydrogen-bond donors (Lipinski definition) is 1. The van der Waals surface area contributed by atoms with Gasteiger partial charge in [-0.15, -0.1) is 0 Å². The lowest BCUT2D eigenvalue weighted by Crippen LogP contribution is -3.00. The molecule has 0 bridgehead atoms. The minimum Gasteiger partial charge on any atom is -1.00 e. The smallest absolute Gasteiger partial charge is 0.246 e. The average Bonchev–Trinajstić information content (AvgIpc) is 2.63. The standard InChI is InChI=1S/C24H48N2O.ClH/c1-6-8-9-10-11-12-13-14-15-17-21-26(5,20-7-2)22-18-16-19-25-24(27)23(3)4;/h3,6-22H2,1-2,4-5H3;1H. The van der Waals surface area contributed by atoms with Crippen molar-refractivity contribution in [2.24, 2.45) is 0 Å². The van der Waals surface area contributed by atoms with E-state index in [2.05, 4.69) is 32.8 Å². The predicted molar refractivity (Wildman–Crippen MR) is 120 cm³/mol. The fraction of sp³-hybridized carbons (Fsp3) is 0.875. The lowest BCUT2D eigenvalue weighted by atomic mass is 10.1. The molecule has 1 atom stereocenters. The number of rotatable bonds is 19. The third-order valence-corrected chi connectivity index (χ3v) is 5.61. The number of quaternary nitrogens is 1. The molecule has 0 aromatic carbocycles. The molecule has 3 nitrogen and oxygen atoms in total. The summed E-state index contributed by atoms with van der Waals surface area (Å²) in [5.74, 6) is -0.00817. The van der Waals surface area contributed by atoms with Crippen molar-refractivity contribution >= 4 is 5.91 Å². The number of unbranched alkanes of at least 4 members (excludes halogenated alkanes) is 10. The summed E-state index contributed by atoms with van der Waals surface area (Å²) in [5.41, 5.74) is 0.600. The maximum atomic E-state index is 11.5. The molecule has 168 valence electrons. The number of hydrogen-bond acceptors (Lipinski definition) is 1. The number of nitrogens with one attached hydrogen (secondary N) is 1. The summed E-state index contributed by atoms with van der Waals surface area (Å²) in [6, 6.07) is 0. The van der Waals surface area contributed by atoms with Crippen molar-refractivity contribution in [3.05, 3.63) is 12.2 Å². The van der Waals surface area contributed by atoms with Crippen LogP contribution in [0.5, 0.6) is 0 Å². The summed E-state index contributed by atoms with van der Waals surface area (Å²) in [4.78, 5) is 11.5. The Bertz CT molecular complexity index is 387. The highest BCUT2D eigenvalue weighted by Gasteiger charge is 2.19. The second-order valence-electron chi connectivity index (χ2n) is 8.72. The van der Waals surface area contributed by atoms with Gasteiger partial charge in [0.25, 0.3) is 0 Å². The Hall–Kier alpha value is -0.540. The van der Waals surface area contributed by atoms with E-state index in [0.29, 0.717) is 5.57 Å². The Kier molecular flexibility index (Phi) is 20.9.